The van der Waals surface area contributed by atoms with Gasteiger partial charge in [0.15, 0.2) is 11.6 Å². The molecule has 7 aromatic carbocycles. The Labute approximate surface area is 324 Å². The zero-order chi connectivity index (χ0) is 37.4. The Morgan fingerprint density at radius 2 is 0.800 bits per heavy atom. The van der Waals surface area contributed by atoms with Gasteiger partial charge in [-0.25, -0.2) is 4.98 Å². The van der Waals surface area contributed by atoms with E-state index in [2.05, 4.69) is 75.9 Å². The molecule has 0 saturated heterocycles. The van der Waals surface area contributed by atoms with Crippen molar-refractivity contribution in [3.05, 3.63) is 146 Å². The first kappa shape index (κ1) is 33.1. The molecule has 55 heavy (non-hydrogen) atoms. The maximum Gasteiger partial charge on any atom is 0.238 e. The summed E-state index contributed by atoms with van der Waals surface area (Å²) in [7, 11) is 31.7. The Kier molecular flexibility index (Phi) is 7.70. The number of nitrogens with zero attached hydrogens (tertiary/aromatic N) is 5. The van der Waals surface area contributed by atoms with Crippen molar-refractivity contribution in [2.75, 3.05) is 0 Å². The van der Waals surface area contributed by atoms with E-state index >= 15 is 0 Å². The monoisotopic (exact) mass is 689 g/mol. The van der Waals surface area contributed by atoms with Gasteiger partial charge in [-0.2, -0.15) is 9.97 Å². The molecule has 0 N–H and O–H groups in total. The van der Waals surface area contributed by atoms with Crippen molar-refractivity contribution in [2.24, 2.45) is 0 Å². The highest BCUT2D eigenvalue weighted by molar-refractivity contribution is 6.68. The Morgan fingerprint density at radius 1 is 0.345 bits per heavy atom. The summed E-state index contributed by atoms with van der Waals surface area (Å²) in [4.78, 5) is 15.2. The second kappa shape index (κ2) is 12.8. The number of benzene rings is 7. The van der Waals surface area contributed by atoms with E-state index < -0.39 is 0 Å². The molecule has 0 fully saturated rings. The zero-order valence-electron chi connectivity index (χ0n) is 29.5. The van der Waals surface area contributed by atoms with E-state index in [0.29, 0.717) is 34.1 Å². The third kappa shape index (κ3) is 5.19. The lowest BCUT2D eigenvalue weighted by Gasteiger charge is -2.22. The van der Waals surface area contributed by atoms with Crippen LogP contribution < -0.4 is 27.3 Å². The molecule has 10 heteroatoms. The molecule has 10 aromatic rings. The molecule has 0 unspecified atom stereocenters. The quantitative estimate of drug-likeness (QED) is 0.239. The summed E-state index contributed by atoms with van der Waals surface area (Å²) in [6.07, 6.45) is 0. The Hall–Kier alpha value is -6.53. The third-order valence-electron chi connectivity index (χ3n) is 10.4. The molecule has 0 aliphatic rings. The first-order valence-corrected chi connectivity index (χ1v) is 17.8. The molecule has 244 valence electrons. The molecule has 10 radical (unpaired) electrons. The van der Waals surface area contributed by atoms with Crippen molar-refractivity contribution < 1.29 is 0 Å². The van der Waals surface area contributed by atoms with Crippen molar-refractivity contribution in [2.45, 2.75) is 0 Å². The topological polar surface area (TPSA) is 48.5 Å². The number of fused-ring (bicyclic) bond motifs is 6. The van der Waals surface area contributed by atoms with Gasteiger partial charge in [-0.3, -0.25) is 4.57 Å². The molecule has 0 amide bonds. The standard InChI is InChI=1S/C45H24B5N5/c46-38-37(39(47)41(49)42(50)40(38)48)27-16-11-17-28(22-27)54-33-20-9-7-18-29(33)31-24-36-32(23-35(31)54)30-19-8-10-21-34(30)55(36)45-52-43(25-12-3-1-4-13-25)51-44(53-45)26-14-5-2-6-15-26/h1-24H. The normalized spacial score (nSPS) is 11.6. The lowest BCUT2D eigenvalue weighted by Crippen LogP contribution is -2.55. The van der Waals surface area contributed by atoms with Gasteiger partial charge in [0, 0.05) is 38.4 Å². The lowest BCUT2D eigenvalue weighted by atomic mass is 9.59. The van der Waals surface area contributed by atoms with Crippen LogP contribution in [0.5, 0.6) is 0 Å². The fourth-order valence-electron chi connectivity index (χ4n) is 7.78. The van der Waals surface area contributed by atoms with Gasteiger partial charge in [0.25, 0.3) is 0 Å². The predicted molar refractivity (Wildman–Crippen MR) is 232 cm³/mol. The van der Waals surface area contributed by atoms with Crippen LogP contribution >= 0.6 is 0 Å². The first-order chi connectivity index (χ1) is 26.9. The minimum Gasteiger partial charge on any atom is -0.309 e. The van der Waals surface area contributed by atoms with Crippen molar-refractivity contribution in [3.8, 4) is 45.5 Å². The average Bonchev–Trinajstić information content (AvgIpc) is 3.74. The maximum atomic E-state index is 6.52. The minimum absolute atomic E-state index is 0.185. The van der Waals surface area contributed by atoms with Crippen LogP contribution in [0.1, 0.15) is 0 Å². The van der Waals surface area contributed by atoms with Crippen LogP contribution in [-0.2, 0) is 0 Å². The highest BCUT2D eigenvalue weighted by Crippen LogP contribution is 2.40. The predicted octanol–water partition coefficient (Wildman–Crippen LogP) is 5.04. The van der Waals surface area contributed by atoms with Crippen LogP contribution in [0.3, 0.4) is 0 Å². The largest absolute Gasteiger partial charge is 0.309 e. The van der Waals surface area contributed by atoms with E-state index in [1.165, 1.54) is 0 Å². The molecule has 0 aliphatic heterocycles. The van der Waals surface area contributed by atoms with E-state index in [1.54, 1.807) is 0 Å². The molecular weight excluding hydrogens is 665 g/mol. The van der Waals surface area contributed by atoms with Crippen molar-refractivity contribution >= 4 is 110 Å². The first-order valence-electron chi connectivity index (χ1n) is 17.8. The van der Waals surface area contributed by atoms with E-state index in [1.807, 2.05) is 78.9 Å². The van der Waals surface area contributed by atoms with Gasteiger partial charge in [-0.05, 0) is 47.5 Å². The SMILES string of the molecule is [B]c1c([B])c([B])c(-c2cccc(-n3c4ccccc4c4cc5c(cc43)c3ccccc3n5-c3nc(-c4ccccc4)nc(-c4ccccc4)n3)c2)c([B])c1[B]. The highest BCUT2D eigenvalue weighted by atomic mass is 15.2. The van der Waals surface area contributed by atoms with Gasteiger partial charge < -0.3 is 4.57 Å². The van der Waals surface area contributed by atoms with Crippen LogP contribution in [-0.4, -0.2) is 63.3 Å². The van der Waals surface area contributed by atoms with Crippen LogP contribution in [0.15, 0.2) is 146 Å². The summed E-state index contributed by atoms with van der Waals surface area (Å²) in [5.41, 5.74) is 9.28. The fraction of sp³-hybridized carbons (Fsp3) is 0. The van der Waals surface area contributed by atoms with E-state index in [-0.39, 0.29) is 16.4 Å². The Balaban J connectivity index is 1.25. The van der Waals surface area contributed by atoms with E-state index in [0.717, 1.165) is 66.0 Å². The van der Waals surface area contributed by atoms with Gasteiger partial charge in [0.2, 0.25) is 5.95 Å². The molecule has 0 atom stereocenters. The Morgan fingerprint density at radius 3 is 1.36 bits per heavy atom. The van der Waals surface area contributed by atoms with Crippen LogP contribution in [0.25, 0.3) is 89.2 Å². The van der Waals surface area contributed by atoms with Gasteiger partial charge in [0.1, 0.15) is 39.2 Å². The van der Waals surface area contributed by atoms with Gasteiger partial charge in [-0.15, -0.1) is 16.4 Å². The second-order valence-corrected chi connectivity index (χ2v) is 13.6. The number of hydrogen-bond donors (Lipinski definition) is 0. The van der Waals surface area contributed by atoms with Crippen molar-refractivity contribution in [1.29, 1.82) is 0 Å². The van der Waals surface area contributed by atoms with Crippen LogP contribution in [0.4, 0.5) is 0 Å². The molecule has 10 rings (SSSR count). The molecular formula is C45H24B5N5. The van der Waals surface area contributed by atoms with Crippen molar-refractivity contribution in [1.82, 2.24) is 24.1 Å². The summed E-state index contributed by atoms with van der Waals surface area (Å²) >= 11 is 0. The summed E-state index contributed by atoms with van der Waals surface area (Å²) in [5.74, 6) is 1.73. The Bertz CT molecular complexity index is 3070. The van der Waals surface area contributed by atoms with E-state index in [4.69, 9.17) is 54.2 Å². The second-order valence-electron chi connectivity index (χ2n) is 13.6. The summed E-state index contributed by atoms with van der Waals surface area (Å²) in [5, 5.41) is 4.28. The molecule has 0 spiro atoms. The summed E-state index contributed by atoms with van der Waals surface area (Å²) in [6, 6.07) is 49.4. The molecule has 0 bridgehead atoms. The zero-order valence-corrected chi connectivity index (χ0v) is 29.5. The smallest absolute Gasteiger partial charge is 0.238 e. The number of rotatable bonds is 5. The molecule has 3 aromatic heterocycles. The van der Waals surface area contributed by atoms with E-state index in [9.17, 15) is 0 Å². The number of hydrogen-bond acceptors (Lipinski definition) is 3. The number of aromatic nitrogens is 5. The average molecular weight is 689 g/mol. The van der Waals surface area contributed by atoms with Crippen molar-refractivity contribution in [3.63, 3.8) is 0 Å². The summed E-state index contributed by atoms with van der Waals surface area (Å²) < 4.78 is 4.42. The third-order valence-corrected chi connectivity index (χ3v) is 10.4. The number of para-hydroxylation sites is 2. The lowest BCUT2D eigenvalue weighted by molar-refractivity contribution is 0.954. The van der Waals surface area contributed by atoms with Gasteiger partial charge in [0.05, 0.1) is 22.1 Å². The molecule has 3 heterocycles. The molecule has 0 aliphatic carbocycles. The van der Waals surface area contributed by atoms with Crippen LogP contribution in [0, 0.1) is 0 Å². The molecule has 5 nitrogen and oxygen atoms in total. The minimum atomic E-state index is 0.185. The van der Waals surface area contributed by atoms with Gasteiger partial charge >= 0.3 is 0 Å². The van der Waals surface area contributed by atoms with Gasteiger partial charge in [-0.1, -0.05) is 120 Å². The highest BCUT2D eigenvalue weighted by Gasteiger charge is 2.21. The maximum absolute atomic E-state index is 6.52. The molecule has 0 saturated carbocycles. The fourth-order valence-corrected chi connectivity index (χ4v) is 7.78. The summed E-state index contributed by atoms with van der Waals surface area (Å²) in [6.45, 7) is 0. The van der Waals surface area contributed by atoms with Crippen LogP contribution in [0.2, 0.25) is 0 Å².